The number of hydrogen-bond acceptors (Lipinski definition) is 4. The number of hydrogen-bond donors (Lipinski definition) is 1. The Labute approximate surface area is 114 Å². The Kier molecular flexibility index (Phi) is 5.69. The fourth-order valence-electron chi connectivity index (χ4n) is 1.33. The van der Waals surface area contributed by atoms with Gasteiger partial charge in [-0.25, -0.2) is 0 Å². The highest BCUT2D eigenvalue weighted by Crippen LogP contribution is 2.09. The normalized spacial score (nSPS) is 11.3. The summed E-state index contributed by atoms with van der Waals surface area (Å²) in [5.41, 5.74) is 0.726. The fraction of sp³-hybridized carbons (Fsp3) is 0.500. The molecule has 0 fully saturated rings. The topological polar surface area (TPSA) is 35.5 Å². The van der Waals surface area contributed by atoms with Crippen molar-refractivity contribution in [3.05, 3.63) is 29.8 Å². The maximum Gasteiger partial charge on any atom is 0.310 e. The van der Waals surface area contributed by atoms with Gasteiger partial charge < -0.3 is 9.47 Å². The molecular formula is C14H20O3S. The highest BCUT2D eigenvalue weighted by Gasteiger charge is 2.10. The van der Waals surface area contributed by atoms with Gasteiger partial charge in [-0.05, 0) is 38.5 Å². The van der Waals surface area contributed by atoms with Crippen LogP contribution in [0.25, 0.3) is 0 Å². The summed E-state index contributed by atoms with van der Waals surface area (Å²) in [5.74, 6) is -0.237. The van der Waals surface area contributed by atoms with Gasteiger partial charge in [0.1, 0.15) is 6.61 Å². The van der Waals surface area contributed by atoms with Crippen molar-refractivity contribution < 1.29 is 14.3 Å². The van der Waals surface area contributed by atoms with Gasteiger partial charge in [-0.3, -0.25) is 4.79 Å². The molecule has 0 saturated carbocycles. The van der Waals surface area contributed by atoms with Crippen molar-refractivity contribution in [1.82, 2.24) is 0 Å². The van der Waals surface area contributed by atoms with Crippen LogP contribution in [-0.2, 0) is 20.7 Å². The maximum atomic E-state index is 11.5. The number of carbonyl (C=O) groups excluding carboxylic acids is 1. The van der Waals surface area contributed by atoms with Gasteiger partial charge in [-0.15, -0.1) is 12.6 Å². The minimum Gasteiger partial charge on any atom is -0.463 e. The summed E-state index contributed by atoms with van der Waals surface area (Å²) in [6, 6.07) is 7.45. The molecule has 18 heavy (non-hydrogen) atoms. The van der Waals surface area contributed by atoms with Crippen LogP contribution in [0.2, 0.25) is 0 Å². The molecule has 0 heterocycles. The SMILES string of the molecule is CC(C)(C)OCCOC(=O)Cc1ccc(S)cc1. The summed E-state index contributed by atoms with van der Waals surface area (Å²) in [4.78, 5) is 12.4. The molecule has 0 radical (unpaired) electrons. The molecule has 0 aromatic heterocycles. The molecule has 1 aromatic carbocycles. The van der Waals surface area contributed by atoms with Crippen LogP contribution in [-0.4, -0.2) is 24.8 Å². The summed E-state index contributed by atoms with van der Waals surface area (Å²) in [6.45, 7) is 6.61. The van der Waals surface area contributed by atoms with Crippen LogP contribution >= 0.6 is 12.6 Å². The minimum absolute atomic E-state index is 0.200. The highest BCUT2D eigenvalue weighted by molar-refractivity contribution is 7.80. The molecule has 0 bridgehead atoms. The molecule has 0 amide bonds. The second kappa shape index (κ2) is 6.81. The summed E-state index contributed by atoms with van der Waals surface area (Å²) < 4.78 is 10.5. The average molecular weight is 268 g/mol. The monoisotopic (exact) mass is 268 g/mol. The molecule has 0 saturated heterocycles. The van der Waals surface area contributed by atoms with E-state index in [4.69, 9.17) is 9.47 Å². The second-order valence-electron chi connectivity index (χ2n) is 5.02. The van der Waals surface area contributed by atoms with Gasteiger partial charge in [0.15, 0.2) is 0 Å². The van der Waals surface area contributed by atoms with Gasteiger partial charge in [0.25, 0.3) is 0 Å². The van der Waals surface area contributed by atoms with E-state index in [0.29, 0.717) is 13.2 Å². The minimum atomic E-state index is -0.237. The van der Waals surface area contributed by atoms with E-state index in [2.05, 4.69) is 12.6 Å². The molecule has 0 N–H and O–H groups in total. The van der Waals surface area contributed by atoms with Crippen LogP contribution in [0.5, 0.6) is 0 Å². The first-order chi connectivity index (χ1) is 8.37. The zero-order valence-electron chi connectivity index (χ0n) is 11.1. The van der Waals surface area contributed by atoms with E-state index in [0.717, 1.165) is 10.5 Å². The Hall–Kier alpha value is -1.00. The lowest BCUT2D eigenvalue weighted by molar-refractivity contribution is -0.146. The van der Waals surface area contributed by atoms with Crippen LogP contribution in [0.1, 0.15) is 26.3 Å². The summed E-state index contributed by atoms with van der Waals surface area (Å²) in [7, 11) is 0. The standard InChI is InChI=1S/C14H20O3S/c1-14(2,3)17-9-8-16-13(15)10-11-4-6-12(18)7-5-11/h4-7,18H,8-10H2,1-3H3. The lowest BCUT2D eigenvalue weighted by Crippen LogP contribution is -2.23. The highest BCUT2D eigenvalue weighted by atomic mass is 32.1. The molecule has 0 atom stereocenters. The van der Waals surface area contributed by atoms with Gasteiger partial charge in [-0.1, -0.05) is 12.1 Å². The summed E-state index contributed by atoms with van der Waals surface area (Å²) in [5, 5.41) is 0. The molecular weight excluding hydrogens is 248 g/mol. The average Bonchev–Trinajstić information content (AvgIpc) is 2.26. The molecule has 0 unspecified atom stereocenters. The lowest BCUT2D eigenvalue weighted by Gasteiger charge is -2.19. The quantitative estimate of drug-likeness (QED) is 0.507. The van der Waals surface area contributed by atoms with Crippen molar-refractivity contribution in [1.29, 1.82) is 0 Å². The number of thiol groups is 1. The summed E-state index contributed by atoms with van der Waals surface area (Å²) >= 11 is 4.19. The first-order valence-electron chi connectivity index (χ1n) is 5.94. The van der Waals surface area contributed by atoms with E-state index in [-0.39, 0.29) is 18.0 Å². The van der Waals surface area contributed by atoms with Crippen molar-refractivity contribution >= 4 is 18.6 Å². The Morgan fingerprint density at radius 2 is 1.78 bits per heavy atom. The Bertz CT molecular complexity index is 379. The molecule has 1 rings (SSSR count). The molecule has 1 aromatic rings. The van der Waals surface area contributed by atoms with Gasteiger partial charge in [0, 0.05) is 4.90 Å². The van der Waals surface area contributed by atoms with Gasteiger partial charge in [-0.2, -0.15) is 0 Å². The Balaban J connectivity index is 2.24. The predicted octanol–water partition coefficient (Wildman–Crippen LogP) is 2.88. The van der Waals surface area contributed by atoms with E-state index in [1.165, 1.54) is 0 Å². The van der Waals surface area contributed by atoms with Crippen molar-refractivity contribution in [3.8, 4) is 0 Å². The van der Waals surface area contributed by atoms with Crippen molar-refractivity contribution in [2.45, 2.75) is 37.7 Å². The maximum absolute atomic E-state index is 11.5. The Morgan fingerprint density at radius 1 is 1.17 bits per heavy atom. The molecule has 0 aliphatic heterocycles. The largest absolute Gasteiger partial charge is 0.463 e. The third-order valence-corrected chi connectivity index (χ3v) is 2.46. The van der Waals surface area contributed by atoms with E-state index in [1.807, 2.05) is 45.0 Å². The molecule has 0 spiro atoms. The lowest BCUT2D eigenvalue weighted by atomic mass is 10.1. The number of ether oxygens (including phenoxy) is 2. The van der Waals surface area contributed by atoms with E-state index < -0.39 is 0 Å². The predicted molar refractivity (Wildman–Crippen MR) is 74.1 cm³/mol. The van der Waals surface area contributed by atoms with E-state index in [1.54, 1.807) is 0 Å². The van der Waals surface area contributed by atoms with E-state index >= 15 is 0 Å². The van der Waals surface area contributed by atoms with E-state index in [9.17, 15) is 4.79 Å². The van der Waals surface area contributed by atoms with Crippen LogP contribution < -0.4 is 0 Å². The molecule has 0 aliphatic carbocycles. The molecule has 3 nitrogen and oxygen atoms in total. The summed E-state index contributed by atoms with van der Waals surface area (Å²) in [6.07, 6.45) is 0.281. The molecule has 4 heteroatoms. The zero-order valence-corrected chi connectivity index (χ0v) is 12.0. The van der Waals surface area contributed by atoms with Crippen LogP contribution in [0.4, 0.5) is 0 Å². The van der Waals surface area contributed by atoms with Gasteiger partial charge >= 0.3 is 5.97 Å². The van der Waals surface area contributed by atoms with Gasteiger partial charge in [0.2, 0.25) is 0 Å². The Morgan fingerprint density at radius 3 is 2.33 bits per heavy atom. The second-order valence-corrected chi connectivity index (χ2v) is 5.54. The van der Waals surface area contributed by atoms with Crippen molar-refractivity contribution in [3.63, 3.8) is 0 Å². The first-order valence-corrected chi connectivity index (χ1v) is 6.39. The van der Waals surface area contributed by atoms with Crippen molar-refractivity contribution in [2.75, 3.05) is 13.2 Å². The number of esters is 1. The molecule has 0 aliphatic rings. The number of rotatable bonds is 5. The third kappa shape index (κ3) is 6.67. The zero-order chi connectivity index (χ0) is 13.6. The number of benzene rings is 1. The van der Waals surface area contributed by atoms with Crippen molar-refractivity contribution in [2.24, 2.45) is 0 Å². The fourth-order valence-corrected chi connectivity index (χ4v) is 1.48. The van der Waals surface area contributed by atoms with Crippen LogP contribution in [0.3, 0.4) is 0 Å². The molecule has 100 valence electrons. The third-order valence-electron chi connectivity index (χ3n) is 2.17. The number of carbonyl (C=O) groups is 1. The van der Waals surface area contributed by atoms with Crippen LogP contribution in [0.15, 0.2) is 29.2 Å². The van der Waals surface area contributed by atoms with Gasteiger partial charge in [0.05, 0.1) is 18.6 Å². The first kappa shape index (κ1) is 15.1. The smallest absolute Gasteiger partial charge is 0.310 e. The van der Waals surface area contributed by atoms with Crippen LogP contribution in [0, 0.1) is 0 Å².